The van der Waals surface area contributed by atoms with E-state index in [4.69, 9.17) is 0 Å². The third-order valence-electron chi connectivity index (χ3n) is 1.42. The van der Waals surface area contributed by atoms with Gasteiger partial charge in [0, 0.05) is 14.5 Å². The molecule has 0 aliphatic carbocycles. The first-order valence-electron chi connectivity index (χ1n) is 3.25. The Bertz CT molecular complexity index is 238. The Balaban J connectivity index is 3.21. The lowest BCUT2D eigenvalue weighted by Crippen LogP contribution is -1.93. The predicted molar refractivity (Wildman–Crippen MR) is 52.5 cm³/mol. The quantitative estimate of drug-likeness (QED) is 0.837. The van der Waals surface area contributed by atoms with Gasteiger partial charge in [-0.15, -0.1) is 0 Å². The average Bonchev–Trinajstić information content (AvgIpc) is 1.85. The van der Waals surface area contributed by atoms with Gasteiger partial charge < -0.3 is 5.11 Å². The standard InChI is InChI=1S/C8H8Br2O/c1-5(11)8-6(9)3-2-4-7(8)10/h2-5,11H,1H3/t5-/m1/s1. The molecule has 0 saturated heterocycles. The Hall–Kier alpha value is 0.140. The van der Waals surface area contributed by atoms with Gasteiger partial charge in [-0.25, -0.2) is 0 Å². The lowest BCUT2D eigenvalue weighted by molar-refractivity contribution is 0.197. The summed E-state index contributed by atoms with van der Waals surface area (Å²) in [5.41, 5.74) is 0.896. The Kier molecular flexibility index (Phi) is 3.10. The minimum atomic E-state index is -0.444. The van der Waals surface area contributed by atoms with Crippen LogP contribution in [0.3, 0.4) is 0 Å². The molecule has 0 fully saturated rings. The molecule has 0 spiro atoms. The van der Waals surface area contributed by atoms with E-state index in [-0.39, 0.29) is 0 Å². The van der Waals surface area contributed by atoms with Gasteiger partial charge in [0.2, 0.25) is 0 Å². The van der Waals surface area contributed by atoms with E-state index in [0.717, 1.165) is 14.5 Å². The van der Waals surface area contributed by atoms with Crippen molar-refractivity contribution < 1.29 is 5.11 Å². The van der Waals surface area contributed by atoms with E-state index in [1.807, 2.05) is 18.2 Å². The summed E-state index contributed by atoms with van der Waals surface area (Å²) in [4.78, 5) is 0. The highest BCUT2D eigenvalue weighted by Crippen LogP contribution is 2.30. The van der Waals surface area contributed by atoms with Gasteiger partial charge >= 0.3 is 0 Å². The fourth-order valence-electron chi connectivity index (χ4n) is 0.910. The summed E-state index contributed by atoms with van der Waals surface area (Å²) >= 11 is 6.72. The molecule has 0 radical (unpaired) electrons. The molecule has 0 aliphatic rings. The maximum absolute atomic E-state index is 9.33. The van der Waals surface area contributed by atoms with Crippen LogP contribution in [-0.4, -0.2) is 5.11 Å². The van der Waals surface area contributed by atoms with Crippen molar-refractivity contribution in [1.82, 2.24) is 0 Å². The first-order valence-corrected chi connectivity index (χ1v) is 4.83. The molecular formula is C8H8Br2O. The summed E-state index contributed by atoms with van der Waals surface area (Å²) in [7, 11) is 0. The number of aliphatic hydroxyl groups excluding tert-OH is 1. The fourth-order valence-corrected chi connectivity index (χ4v) is 2.57. The van der Waals surface area contributed by atoms with E-state index < -0.39 is 6.10 Å². The van der Waals surface area contributed by atoms with Crippen LogP contribution in [0.2, 0.25) is 0 Å². The molecule has 0 aliphatic heterocycles. The minimum absolute atomic E-state index is 0.444. The molecule has 60 valence electrons. The lowest BCUT2D eigenvalue weighted by atomic mass is 10.1. The van der Waals surface area contributed by atoms with Crippen molar-refractivity contribution in [1.29, 1.82) is 0 Å². The molecule has 11 heavy (non-hydrogen) atoms. The van der Waals surface area contributed by atoms with Crippen LogP contribution < -0.4 is 0 Å². The van der Waals surface area contributed by atoms with Gasteiger partial charge in [-0.3, -0.25) is 0 Å². The second-order valence-corrected chi connectivity index (χ2v) is 4.02. The van der Waals surface area contributed by atoms with Crippen LogP contribution >= 0.6 is 31.9 Å². The molecular weight excluding hydrogens is 272 g/mol. The molecule has 1 aromatic carbocycles. The van der Waals surface area contributed by atoms with Crippen molar-refractivity contribution in [3.05, 3.63) is 32.7 Å². The SMILES string of the molecule is C[C@@H](O)c1c(Br)cccc1Br. The van der Waals surface area contributed by atoms with Crippen LogP contribution in [0.4, 0.5) is 0 Å². The second-order valence-electron chi connectivity index (χ2n) is 2.31. The Labute approximate surface area is 82.7 Å². The highest BCUT2D eigenvalue weighted by Gasteiger charge is 2.08. The zero-order chi connectivity index (χ0) is 8.43. The smallest absolute Gasteiger partial charge is 0.0783 e. The number of aliphatic hydroxyl groups is 1. The zero-order valence-corrected chi connectivity index (χ0v) is 9.18. The fraction of sp³-hybridized carbons (Fsp3) is 0.250. The molecule has 0 amide bonds. The molecule has 0 saturated carbocycles. The van der Waals surface area contributed by atoms with E-state index >= 15 is 0 Å². The van der Waals surface area contributed by atoms with E-state index in [0.29, 0.717) is 0 Å². The van der Waals surface area contributed by atoms with Crippen LogP contribution in [0, 0.1) is 0 Å². The van der Waals surface area contributed by atoms with Crippen LogP contribution in [0.25, 0.3) is 0 Å². The summed E-state index contributed by atoms with van der Waals surface area (Å²) in [6.45, 7) is 1.74. The van der Waals surface area contributed by atoms with Gasteiger partial charge in [-0.05, 0) is 19.1 Å². The molecule has 0 unspecified atom stereocenters. The van der Waals surface area contributed by atoms with Crippen molar-refractivity contribution in [2.24, 2.45) is 0 Å². The molecule has 0 bridgehead atoms. The molecule has 1 aromatic rings. The zero-order valence-electron chi connectivity index (χ0n) is 6.01. The Morgan fingerprint density at radius 3 is 2.00 bits per heavy atom. The van der Waals surface area contributed by atoms with E-state index in [9.17, 15) is 5.11 Å². The number of hydrogen-bond acceptors (Lipinski definition) is 1. The average molecular weight is 280 g/mol. The first-order chi connectivity index (χ1) is 5.13. The molecule has 0 aromatic heterocycles. The summed E-state index contributed by atoms with van der Waals surface area (Å²) in [6.07, 6.45) is -0.444. The Morgan fingerprint density at radius 1 is 1.27 bits per heavy atom. The maximum atomic E-state index is 9.33. The van der Waals surface area contributed by atoms with Gasteiger partial charge in [0.1, 0.15) is 0 Å². The number of hydrogen-bond donors (Lipinski definition) is 1. The molecule has 3 heteroatoms. The molecule has 1 atom stereocenters. The van der Waals surface area contributed by atoms with Gasteiger partial charge in [0.25, 0.3) is 0 Å². The van der Waals surface area contributed by atoms with Crippen LogP contribution in [0.15, 0.2) is 27.1 Å². The van der Waals surface area contributed by atoms with E-state index in [1.54, 1.807) is 6.92 Å². The van der Waals surface area contributed by atoms with E-state index in [2.05, 4.69) is 31.9 Å². The third-order valence-corrected chi connectivity index (χ3v) is 2.80. The first kappa shape index (κ1) is 9.23. The molecule has 1 rings (SSSR count). The number of rotatable bonds is 1. The highest BCUT2D eigenvalue weighted by atomic mass is 79.9. The predicted octanol–water partition coefficient (Wildman–Crippen LogP) is 3.26. The summed E-state index contributed by atoms with van der Waals surface area (Å²) < 4.78 is 1.86. The normalized spacial score (nSPS) is 13.1. The monoisotopic (exact) mass is 278 g/mol. The Morgan fingerprint density at radius 2 is 1.73 bits per heavy atom. The second kappa shape index (κ2) is 3.70. The number of halogens is 2. The summed E-state index contributed by atoms with van der Waals surface area (Å²) in [5, 5.41) is 9.33. The van der Waals surface area contributed by atoms with Gasteiger partial charge in [0.05, 0.1) is 6.10 Å². The van der Waals surface area contributed by atoms with Crippen LogP contribution in [0.1, 0.15) is 18.6 Å². The van der Waals surface area contributed by atoms with Crippen molar-refractivity contribution in [2.75, 3.05) is 0 Å². The lowest BCUT2D eigenvalue weighted by Gasteiger charge is -2.08. The largest absolute Gasteiger partial charge is 0.389 e. The van der Waals surface area contributed by atoms with Crippen molar-refractivity contribution >= 4 is 31.9 Å². The molecule has 0 heterocycles. The van der Waals surface area contributed by atoms with Crippen molar-refractivity contribution in [3.8, 4) is 0 Å². The van der Waals surface area contributed by atoms with Gasteiger partial charge in [-0.1, -0.05) is 37.9 Å². The highest BCUT2D eigenvalue weighted by molar-refractivity contribution is 9.11. The summed E-state index contributed by atoms with van der Waals surface area (Å²) in [5.74, 6) is 0. The maximum Gasteiger partial charge on any atom is 0.0783 e. The third kappa shape index (κ3) is 2.04. The topological polar surface area (TPSA) is 20.2 Å². The van der Waals surface area contributed by atoms with Gasteiger partial charge in [0.15, 0.2) is 0 Å². The van der Waals surface area contributed by atoms with Gasteiger partial charge in [-0.2, -0.15) is 0 Å². The van der Waals surface area contributed by atoms with Crippen LogP contribution in [0.5, 0.6) is 0 Å². The van der Waals surface area contributed by atoms with Crippen LogP contribution in [-0.2, 0) is 0 Å². The number of benzene rings is 1. The van der Waals surface area contributed by atoms with E-state index in [1.165, 1.54) is 0 Å². The molecule has 1 N–H and O–H groups in total. The van der Waals surface area contributed by atoms with Crippen molar-refractivity contribution in [3.63, 3.8) is 0 Å². The minimum Gasteiger partial charge on any atom is -0.389 e. The van der Waals surface area contributed by atoms with Crippen molar-refractivity contribution in [2.45, 2.75) is 13.0 Å². The molecule has 1 nitrogen and oxygen atoms in total. The summed E-state index contributed by atoms with van der Waals surface area (Å²) in [6, 6.07) is 5.74.